The predicted octanol–water partition coefficient (Wildman–Crippen LogP) is 2.88. The molecule has 1 aliphatic heterocycles. The van der Waals surface area contributed by atoms with Crippen LogP contribution in [0.4, 0.5) is 5.69 Å². The molecule has 1 nitrogen and oxygen atoms in total. The second kappa shape index (κ2) is 2.24. The second-order valence-corrected chi connectivity index (χ2v) is 4.77. The first-order valence-electron chi connectivity index (χ1n) is 4.02. The summed E-state index contributed by atoms with van der Waals surface area (Å²) < 4.78 is 0. The fourth-order valence-electron chi connectivity index (χ4n) is 1.50. The van der Waals surface area contributed by atoms with Gasteiger partial charge in [0.2, 0.25) is 0 Å². The van der Waals surface area contributed by atoms with Crippen LogP contribution in [0.2, 0.25) is 0 Å². The molecule has 0 bridgehead atoms. The standard InChI is InChI=1S/C9H13NS/c1-9(2)5-3-8-7(10-9)4-6-11-8/h4,6,10H,3,5H2,1-2H3. The first-order chi connectivity index (χ1) is 5.17. The van der Waals surface area contributed by atoms with Crippen LogP contribution in [0.25, 0.3) is 0 Å². The molecule has 0 saturated heterocycles. The van der Waals surface area contributed by atoms with Crippen LogP contribution in [-0.2, 0) is 6.42 Å². The van der Waals surface area contributed by atoms with Crippen LogP contribution in [0.1, 0.15) is 25.1 Å². The largest absolute Gasteiger partial charge is 0.379 e. The van der Waals surface area contributed by atoms with E-state index in [0.29, 0.717) is 5.54 Å². The molecule has 2 heterocycles. The van der Waals surface area contributed by atoms with E-state index >= 15 is 0 Å². The molecule has 1 aliphatic rings. The summed E-state index contributed by atoms with van der Waals surface area (Å²) in [5.74, 6) is 0. The summed E-state index contributed by atoms with van der Waals surface area (Å²) in [6.07, 6.45) is 2.49. The molecule has 0 radical (unpaired) electrons. The van der Waals surface area contributed by atoms with Crippen LogP contribution in [0.3, 0.4) is 0 Å². The van der Waals surface area contributed by atoms with Crippen molar-refractivity contribution < 1.29 is 0 Å². The average Bonchev–Trinajstić information content (AvgIpc) is 2.31. The Morgan fingerprint density at radius 3 is 3.18 bits per heavy atom. The Bertz CT molecular complexity index is 262. The van der Waals surface area contributed by atoms with Crippen molar-refractivity contribution in [3.8, 4) is 0 Å². The normalized spacial score (nSPS) is 20.5. The van der Waals surface area contributed by atoms with Crippen molar-refractivity contribution >= 4 is 17.0 Å². The minimum atomic E-state index is 0.300. The highest BCUT2D eigenvalue weighted by molar-refractivity contribution is 7.10. The van der Waals surface area contributed by atoms with Gasteiger partial charge in [0.1, 0.15) is 0 Å². The first kappa shape index (κ1) is 7.17. The molecule has 1 N–H and O–H groups in total. The molecule has 11 heavy (non-hydrogen) atoms. The lowest BCUT2D eigenvalue weighted by molar-refractivity contribution is 0.506. The van der Waals surface area contributed by atoms with E-state index in [-0.39, 0.29) is 0 Å². The summed E-state index contributed by atoms with van der Waals surface area (Å²) in [5.41, 5.74) is 1.65. The number of aryl methyl sites for hydroxylation is 1. The van der Waals surface area contributed by atoms with E-state index in [1.165, 1.54) is 23.4 Å². The van der Waals surface area contributed by atoms with Crippen LogP contribution >= 0.6 is 11.3 Å². The lowest BCUT2D eigenvalue weighted by Gasteiger charge is -2.31. The molecule has 0 atom stereocenters. The maximum Gasteiger partial charge on any atom is 0.0485 e. The molecule has 0 spiro atoms. The predicted molar refractivity (Wildman–Crippen MR) is 50.3 cm³/mol. The number of anilines is 1. The van der Waals surface area contributed by atoms with Gasteiger partial charge in [-0.05, 0) is 38.1 Å². The minimum Gasteiger partial charge on any atom is -0.379 e. The molecule has 0 aliphatic carbocycles. The third-order valence-electron chi connectivity index (χ3n) is 2.20. The van der Waals surface area contributed by atoms with Crippen molar-refractivity contribution in [2.24, 2.45) is 0 Å². The SMILES string of the molecule is CC1(C)CCc2sccc2N1. The number of thiophene rings is 1. The maximum absolute atomic E-state index is 3.53. The Kier molecular flexibility index (Phi) is 1.46. The summed E-state index contributed by atoms with van der Waals surface area (Å²) >= 11 is 1.86. The molecular formula is C9H13NS. The monoisotopic (exact) mass is 167 g/mol. The van der Waals surface area contributed by atoms with E-state index in [1.807, 2.05) is 11.3 Å². The highest BCUT2D eigenvalue weighted by Crippen LogP contribution is 2.33. The third kappa shape index (κ3) is 1.27. The molecule has 0 unspecified atom stereocenters. The summed E-state index contributed by atoms with van der Waals surface area (Å²) in [5, 5.41) is 5.69. The van der Waals surface area contributed by atoms with Crippen molar-refractivity contribution in [3.05, 3.63) is 16.3 Å². The van der Waals surface area contributed by atoms with Crippen LogP contribution in [-0.4, -0.2) is 5.54 Å². The molecule has 0 amide bonds. The Morgan fingerprint density at radius 1 is 1.55 bits per heavy atom. The Morgan fingerprint density at radius 2 is 2.36 bits per heavy atom. The molecule has 60 valence electrons. The van der Waals surface area contributed by atoms with Gasteiger partial charge in [-0.2, -0.15) is 0 Å². The third-order valence-corrected chi connectivity index (χ3v) is 3.18. The van der Waals surface area contributed by atoms with Crippen LogP contribution in [0, 0.1) is 0 Å². The number of fused-ring (bicyclic) bond motifs is 1. The minimum absolute atomic E-state index is 0.300. The van der Waals surface area contributed by atoms with E-state index in [0.717, 1.165) is 0 Å². The van der Waals surface area contributed by atoms with Crippen LogP contribution < -0.4 is 5.32 Å². The van der Waals surface area contributed by atoms with Crippen molar-refractivity contribution in [3.63, 3.8) is 0 Å². The van der Waals surface area contributed by atoms with Gasteiger partial charge in [0.05, 0.1) is 0 Å². The van der Waals surface area contributed by atoms with E-state index in [9.17, 15) is 0 Å². The number of rotatable bonds is 0. The maximum atomic E-state index is 3.53. The van der Waals surface area contributed by atoms with Gasteiger partial charge in [-0.1, -0.05) is 0 Å². The van der Waals surface area contributed by atoms with Gasteiger partial charge < -0.3 is 5.32 Å². The lowest BCUT2D eigenvalue weighted by atomic mass is 9.94. The summed E-state index contributed by atoms with van der Waals surface area (Å²) in [6, 6.07) is 2.18. The molecule has 1 aromatic heterocycles. The summed E-state index contributed by atoms with van der Waals surface area (Å²) in [4.78, 5) is 1.52. The quantitative estimate of drug-likeness (QED) is 0.626. The zero-order valence-electron chi connectivity index (χ0n) is 6.98. The molecule has 2 heteroatoms. The Labute approximate surface area is 71.4 Å². The van der Waals surface area contributed by atoms with E-state index in [1.54, 1.807) is 0 Å². The van der Waals surface area contributed by atoms with E-state index in [4.69, 9.17) is 0 Å². The summed E-state index contributed by atoms with van der Waals surface area (Å²) in [7, 11) is 0. The molecule has 0 fully saturated rings. The second-order valence-electron chi connectivity index (χ2n) is 3.77. The number of hydrogen-bond donors (Lipinski definition) is 1. The topological polar surface area (TPSA) is 12.0 Å². The molecule has 0 aromatic carbocycles. The zero-order chi connectivity index (χ0) is 7.90. The zero-order valence-corrected chi connectivity index (χ0v) is 7.79. The van der Waals surface area contributed by atoms with Gasteiger partial charge in [-0.3, -0.25) is 0 Å². The van der Waals surface area contributed by atoms with Crippen molar-refractivity contribution in [2.75, 3.05) is 5.32 Å². The van der Waals surface area contributed by atoms with E-state index in [2.05, 4.69) is 30.6 Å². The molecular weight excluding hydrogens is 154 g/mol. The Hall–Kier alpha value is -0.500. The van der Waals surface area contributed by atoms with Crippen molar-refractivity contribution in [1.82, 2.24) is 0 Å². The smallest absolute Gasteiger partial charge is 0.0485 e. The van der Waals surface area contributed by atoms with Crippen molar-refractivity contribution in [1.29, 1.82) is 0 Å². The fourth-order valence-corrected chi connectivity index (χ4v) is 2.33. The van der Waals surface area contributed by atoms with Gasteiger partial charge in [-0.15, -0.1) is 11.3 Å². The molecule has 2 rings (SSSR count). The van der Waals surface area contributed by atoms with Crippen LogP contribution in [0.5, 0.6) is 0 Å². The lowest BCUT2D eigenvalue weighted by Crippen LogP contribution is -2.34. The van der Waals surface area contributed by atoms with Gasteiger partial charge in [-0.25, -0.2) is 0 Å². The van der Waals surface area contributed by atoms with Gasteiger partial charge in [0.25, 0.3) is 0 Å². The van der Waals surface area contributed by atoms with Gasteiger partial charge >= 0.3 is 0 Å². The highest BCUT2D eigenvalue weighted by atomic mass is 32.1. The number of nitrogens with one attached hydrogen (secondary N) is 1. The van der Waals surface area contributed by atoms with Gasteiger partial charge in [0, 0.05) is 16.1 Å². The van der Waals surface area contributed by atoms with E-state index < -0.39 is 0 Å². The number of hydrogen-bond acceptors (Lipinski definition) is 2. The van der Waals surface area contributed by atoms with Crippen molar-refractivity contribution in [2.45, 2.75) is 32.2 Å². The average molecular weight is 167 g/mol. The molecule has 0 saturated carbocycles. The fraction of sp³-hybridized carbons (Fsp3) is 0.556. The van der Waals surface area contributed by atoms with Crippen LogP contribution in [0.15, 0.2) is 11.4 Å². The Balaban J connectivity index is 2.32. The first-order valence-corrected chi connectivity index (χ1v) is 4.90. The highest BCUT2D eigenvalue weighted by Gasteiger charge is 2.24. The summed E-state index contributed by atoms with van der Waals surface area (Å²) in [6.45, 7) is 4.52. The van der Waals surface area contributed by atoms with Gasteiger partial charge in [0.15, 0.2) is 0 Å². The molecule has 1 aromatic rings.